The van der Waals surface area contributed by atoms with Gasteiger partial charge in [0.2, 0.25) is 5.91 Å². The molecule has 5 atom stereocenters. The lowest BCUT2D eigenvalue weighted by atomic mass is 10.0. The number of nitrogens with two attached hydrogens (primary N) is 1. The van der Waals surface area contributed by atoms with Gasteiger partial charge in [-0.3, -0.25) is 24.6 Å². The Balaban J connectivity index is 1.45. The first-order chi connectivity index (χ1) is 21.3. The summed E-state index contributed by atoms with van der Waals surface area (Å²) in [6.07, 6.45) is -0.0327. The molecule has 5 rings (SSSR count). The molecule has 3 amide bonds. The number of sulfonamides is 1. The molecule has 2 unspecified atom stereocenters. The van der Waals surface area contributed by atoms with Gasteiger partial charge in [-0.05, 0) is 51.4 Å². The van der Waals surface area contributed by atoms with Gasteiger partial charge in [-0.15, -0.1) is 0 Å². The minimum atomic E-state index is -4.40. The lowest BCUT2D eigenvalue weighted by molar-refractivity contribution is -0.387. The molecule has 3 heterocycles. The lowest BCUT2D eigenvalue weighted by Gasteiger charge is -2.40. The zero-order valence-electron chi connectivity index (χ0n) is 25.4. The average molecular weight is 643 g/mol. The van der Waals surface area contributed by atoms with Crippen LogP contribution < -0.4 is 5.73 Å². The molecule has 0 spiro atoms. The third-order valence-corrected chi connectivity index (χ3v) is 11.1. The molecular weight excluding hydrogens is 604 g/mol. The van der Waals surface area contributed by atoms with E-state index in [4.69, 9.17) is 10.5 Å². The molecule has 45 heavy (non-hydrogen) atoms. The van der Waals surface area contributed by atoms with E-state index < -0.39 is 55.7 Å². The number of fused-ring (bicyclic) bond motifs is 1. The molecule has 0 aliphatic carbocycles. The number of rotatable bonds is 9. The molecular formula is C30H38N6O8S. The van der Waals surface area contributed by atoms with Crippen molar-refractivity contribution < 1.29 is 32.5 Å². The van der Waals surface area contributed by atoms with Crippen molar-refractivity contribution >= 4 is 33.6 Å². The number of hydrogen-bond acceptors (Lipinski definition) is 9. The maximum atomic E-state index is 14.2. The lowest BCUT2D eigenvalue weighted by Crippen LogP contribution is -2.60. The summed E-state index contributed by atoms with van der Waals surface area (Å²) in [5.74, 6) is -0.626. The minimum Gasteiger partial charge on any atom is -0.448 e. The number of likely N-dealkylation sites (tertiary alicyclic amines) is 1. The number of aryl methyl sites for hydroxylation is 1. The van der Waals surface area contributed by atoms with Crippen LogP contribution in [0.1, 0.15) is 42.6 Å². The van der Waals surface area contributed by atoms with Gasteiger partial charge in [0.1, 0.15) is 12.6 Å². The number of nitro benzene ring substituents is 1. The topological polar surface area (TPSA) is 177 Å². The molecule has 0 bridgehead atoms. The van der Waals surface area contributed by atoms with Crippen LogP contribution in [0.3, 0.4) is 0 Å². The summed E-state index contributed by atoms with van der Waals surface area (Å²) in [6.45, 7) is 6.77. The second-order valence-corrected chi connectivity index (χ2v) is 13.7. The Hall–Kier alpha value is -4.08. The third-order valence-electron chi connectivity index (χ3n) is 9.12. The quantitative estimate of drug-likeness (QED) is 0.316. The van der Waals surface area contributed by atoms with Crippen LogP contribution in [0.4, 0.5) is 10.5 Å². The summed E-state index contributed by atoms with van der Waals surface area (Å²) in [6, 6.07) is 9.87. The number of para-hydroxylation sites is 1. The molecule has 3 saturated heterocycles. The van der Waals surface area contributed by atoms with Crippen molar-refractivity contribution in [3.05, 3.63) is 69.8 Å². The Morgan fingerprint density at radius 1 is 1.09 bits per heavy atom. The van der Waals surface area contributed by atoms with E-state index in [1.165, 1.54) is 25.1 Å². The molecule has 15 heteroatoms. The van der Waals surface area contributed by atoms with Crippen molar-refractivity contribution in [2.24, 2.45) is 5.73 Å². The number of carbonyl (C=O) groups excluding carboxylic acids is 3. The number of amides is 3. The molecule has 3 aliphatic heterocycles. The summed E-state index contributed by atoms with van der Waals surface area (Å²) in [5, 5.41) is 11.6. The highest BCUT2D eigenvalue weighted by Gasteiger charge is 2.51. The molecule has 2 aromatic rings. The van der Waals surface area contributed by atoms with E-state index in [1.54, 1.807) is 11.0 Å². The molecule has 3 aliphatic rings. The Morgan fingerprint density at radius 2 is 1.80 bits per heavy atom. The Morgan fingerprint density at radius 3 is 2.47 bits per heavy atom. The highest BCUT2D eigenvalue weighted by Crippen LogP contribution is 2.36. The predicted molar refractivity (Wildman–Crippen MR) is 163 cm³/mol. The summed E-state index contributed by atoms with van der Waals surface area (Å²) < 4.78 is 33.7. The van der Waals surface area contributed by atoms with Gasteiger partial charge in [-0.1, -0.05) is 36.8 Å². The van der Waals surface area contributed by atoms with Gasteiger partial charge in [0.15, 0.2) is 4.90 Å². The van der Waals surface area contributed by atoms with Crippen LogP contribution in [0.25, 0.3) is 0 Å². The smallest absolute Gasteiger partial charge is 0.404 e. The molecule has 2 aromatic carbocycles. The molecule has 0 radical (unpaired) electrons. The van der Waals surface area contributed by atoms with Crippen LogP contribution >= 0.6 is 0 Å². The molecule has 0 saturated carbocycles. The van der Waals surface area contributed by atoms with E-state index in [1.807, 2.05) is 36.9 Å². The number of nitro groups is 1. The highest BCUT2D eigenvalue weighted by molar-refractivity contribution is 7.89. The highest BCUT2D eigenvalue weighted by atomic mass is 32.2. The van der Waals surface area contributed by atoms with E-state index in [0.29, 0.717) is 31.5 Å². The number of ether oxygens (including phenoxy) is 1. The monoisotopic (exact) mass is 642 g/mol. The first-order valence-electron chi connectivity index (χ1n) is 14.9. The maximum absolute atomic E-state index is 14.2. The van der Waals surface area contributed by atoms with Gasteiger partial charge >= 0.3 is 6.09 Å². The van der Waals surface area contributed by atoms with Crippen molar-refractivity contribution in [2.75, 3.05) is 32.8 Å². The van der Waals surface area contributed by atoms with Gasteiger partial charge in [0, 0.05) is 49.4 Å². The van der Waals surface area contributed by atoms with Crippen molar-refractivity contribution in [3.63, 3.8) is 0 Å². The molecule has 2 N–H and O–H groups in total. The third kappa shape index (κ3) is 6.24. The van der Waals surface area contributed by atoms with Crippen LogP contribution in [-0.4, -0.2) is 113 Å². The van der Waals surface area contributed by atoms with E-state index in [2.05, 4.69) is 4.90 Å². The van der Waals surface area contributed by atoms with Crippen molar-refractivity contribution in [1.29, 1.82) is 0 Å². The predicted octanol–water partition coefficient (Wildman–Crippen LogP) is 1.97. The standard InChI is InChI=1S/C30H38N6O8S/c1-4-32-15-23(14-25(32)18-44-30(31)39)35(29(38)21-9-7-8-19(2)12-21)24-13-22-17-34(20(3)28(37)33(22)16-24)45(42,43)27-11-6-5-10-26(27)36(40)41/h5-12,20,22-25H,4,13-18H2,1-3H3,(H2,31,39)/t20-,22?,23+,24-,25?/m0/s1. The van der Waals surface area contributed by atoms with E-state index in [9.17, 15) is 32.9 Å². The van der Waals surface area contributed by atoms with Gasteiger partial charge in [0.25, 0.3) is 21.6 Å². The van der Waals surface area contributed by atoms with Crippen LogP contribution in [0, 0.1) is 17.0 Å². The second-order valence-electron chi connectivity index (χ2n) is 11.9. The van der Waals surface area contributed by atoms with E-state index in [0.717, 1.165) is 15.9 Å². The van der Waals surface area contributed by atoms with Gasteiger partial charge < -0.3 is 20.3 Å². The number of likely N-dealkylation sites (N-methyl/N-ethyl adjacent to an activating group) is 1. The van der Waals surface area contributed by atoms with Crippen LogP contribution in [0.15, 0.2) is 53.4 Å². The zero-order chi connectivity index (χ0) is 32.6. The largest absolute Gasteiger partial charge is 0.448 e. The maximum Gasteiger partial charge on any atom is 0.404 e. The Labute approximate surface area is 261 Å². The fourth-order valence-electron chi connectivity index (χ4n) is 6.98. The van der Waals surface area contributed by atoms with Gasteiger partial charge in [-0.25, -0.2) is 13.2 Å². The molecule has 0 aromatic heterocycles. The number of primary amides is 1. The first kappa shape index (κ1) is 32.3. The van der Waals surface area contributed by atoms with Crippen LogP contribution in [-0.2, 0) is 19.6 Å². The number of carbonyl (C=O) groups is 3. The number of nitrogens with zero attached hydrogens (tertiary/aromatic N) is 5. The van der Waals surface area contributed by atoms with Gasteiger partial charge in [0.05, 0.1) is 11.0 Å². The summed E-state index contributed by atoms with van der Waals surface area (Å²) in [7, 11) is -4.40. The SMILES string of the molecule is CCN1C[C@H](N(C(=O)c2cccc(C)c2)[C@H]2CC3CN(S(=O)(=O)c4ccccc4[N+](=O)[O-])[C@@H](C)C(=O)N3C2)CC1COC(N)=O. The second kappa shape index (κ2) is 12.7. The van der Waals surface area contributed by atoms with Crippen molar-refractivity contribution in [2.45, 2.75) is 68.7 Å². The molecule has 3 fully saturated rings. The van der Waals surface area contributed by atoms with E-state index >= 15 is 0 Å². The fourth-order valence-corrected chi connectivity index (χ4v) is 8.76. The van der Waals surface area contributed by atoms with Crippen molar-refractivity contribution in [3.8, 4) is 0 Å². The van der Waals surface area contributed by atoms with Crippen molar-refractivity contribution in [1.82, 2.24) is 19.0 Å². The number of benzene rings is 2. The molecule has 14 nitrogen and oxygen atoms in total. The van der Waals surface area contributed by atoms with Crippen LogP contribution in [0.5, 0.6) is 0 Å². The van der Waals surface area contributed by atoms with Crippen LogP contribution in [0.2, 0.25) is 0 Å². The normalized spacial score (nSPS) is 25.6. The summed E-state index contributed by atoms with van der Waals surface area (Å²) in [4.78, 5) is 55.3. The zero-order valence-corrected chi connectivity index (χ0v) is 26.3. The Kier molecular flexibility index (Phi) is 9.14. The minimum absolute atomic E-state index is 0.0644. The fraction of sp³-hybridized carbons (Fsp3) is 0.500. The number of piperazine rings is 1. The van der Waals surface area contributed by atoms with Gasteiger partial charge in [-0.2, -0.15) is 4.31 Å². The average Bonchev–Trinajstić information content (AvgIpc) is 3.62. The first-order valence-corrected chi connectivity index (χ1v) is 16.4. The molecule has 242 valence electrons. The van der Waals surface area contributed by atoms with E-state index in [-0.39, 0.29) is 37.7 Å². The summed E-state index contributed by atoms with van der Waals surface area (Å²) in [5.41, 5.74) is 6.08. The Bertz CT molecular complexity index is 1600. The summed E-state index contributed by atoms with van der Waals surface area (Å²) >= 11 is 0. The number of hydrogen-bond donors (Lipinski definition) is 1.